The molecule has 0 atom stereocenters. The number of carbonyl (C=O) groups excluding carboxylic acids is 1. The highest BCUT2D eigenvalue weighted by molar-refractivity contribution is 6.00. The summed E-state index contributed by atoms with van der Waals surface area (Å²) in [6, 6.07) is 15.3. The van der Waals surface area contributed by atoms with Crippen molar-refractivity contribution in [2.24, 2.45) is 5.10 Å². The number of para-hydroxylation sites is 1. The number of carbonyl (C=O) groups is 1. The molecule has 0 saturated carbocycles. The molecule has 0 heterocycles. The second kappa shape index (κ2) is 7.41. The first-order chi connectivity index (χ1) is 10.6. The van der Waals surface area contributed by atoms with Crippen molar-refractivity contribution >= 4 is 11.6 Å². The Morgan fingerprint density at radius 1 is 1.14 bits per heavy atom. The second-order valence-electron chi connectivity index (χ2n) is 5.15. The lowest BCUT2D eigenvalue weighted by molar-refractivity contribution is -0.123. The fourth-order valence-corrected chi connectivity index (χ4v) is 2.12. The van der Waals surface area contributed by atoms with E-state index in [9.17, 15) is 4.79 Å². The van der Waals surface area contributed by atoms with Gasteiger partial charge < -0.3 is 4.74 Å². The minimum Gasteiger partial charge on any atom is -0.484 e. The minimum atomic E-state index is -0.284. The summed E-state index contributed by atoms with van der Waals surface area (Å²) < 4.78 is 5.36. The summed E-state index contributed by atoms with van der Waals surface area (Å²) in [5, 5.41) is 4.13. The summed E-state index contributed by atoms with van der Waals surface area (Å²) in [5.74, 6) is 0.376. The fourth-order valence-electron chi connectivity index (χ4n) is 2.12. The Bertz CT molecular complexity index is 679. The third-order valence-corrected chi connectivity index (χ3v) is 3.23. The number of amides is 1. The summed E-state index contributed by atoms with van der Waals surface area (Å²) in [4.78, 5) is 11.7. The van der Waals surface area contributed by atoms with Crippen LogP contribution in [0, 0.1) is 13.8 Å². The van der Waals surface area contributed by atoms with Crippen LogP contribution in [0.2, 0.25) is 0 Å². The lowest BCUT2D eigenvalue weighted by atomic mass is 10.0. The van der Waals surface area contributed by atoms with Crippen LogP contribution in [0.3, 0.4) is 0 Å². The van der Waals surface area contributed by atoms with Gasteiger partial charge in [-0.25, -0.2) is 5.43 Å². The first kappa shape index (κ1) is 15.8. The molecular formula is C18H20N2O2. The van der Waals surface area contributed by atoms with Gasteiger partial charge >= 0.3 is 0 Å². The Morgan fingerprint density at radius 3 is 2.55 bits per heavy atom. The van der Waals surface area contributed by atoms with Crippen molar-refractivity contribution in [1.82, 2.24) is 5.43 Å². The Kier molecular flexibility index (Phi) is 5.31. The molecule has 4 heteroatoms. The highest BCUT2D eigenvalue weighted by atomic mass is 16.5. The van der Waals surface area contributed by atoms with Crippen molar-refractivity contribution in [3.63, 3.8) is 0 Å². The fraction of sp³-hybridized carbons (Fsp3) is 0.222. The third kappa shape index (κ3) is 4.45. The number of hydrazone groups is 1. The van der Waals surface area contributed by atoms with Gasteiger partial charge in [0, 0.05) is 5.56 Å². The maximum absolute atomic E-state index is 11.7. The van der Waals surface area contributed by atoms with E-state index in [1.807, 2.05) is 51.1 Å². The Labute approximate surface area is 130 Å². The number of nitrogens with one attached hydrogen (secondary N) is 1. The number of hydrogen-bond acceptors (Lipinski definition) is 3. The number of rotatable bonds is 5. The molecule has 1 amide bonds. The maximum atomic E-state index is 11.7. The van der Waals surface area contributed by atoms with Crippen LogP contribution in [-0.2, 0) is 4.79 Å². The number of aryl methyl sites for hydroxylation is 2. The molecule has 0 spiro atoms. The van der Waals surface area contributed by atoms with E-state index in [1.165, 1.54) is 5.56 Å². The molecule has 114 valence electrons. The van der Waals surface area contributed by atoms with Crippen LogP contribution in [0.25, 0.3) is 0 Å². The zero-order valence-electron chi connectivity index (χ0n) is 13.1. The molecule has 0 aliphatic heterocycles. The first-order valence-electron chi connectivity index (χ1n) is 7.15. The molecule has 0 unspecified atom stereocenters. The lowest BCUT2D eigenvalue weighted by Gasteiger charge is -2.08. The second-order valence-corrected chi connectivity index (χ2v) is 5.15. The van der Waals surface area contributed by atoms with Crippen molar-refractivity contribution < 1.29 is 9.53 Å². The van der Waals surface area contributed by atoms with E-state index >= 15 is 0 Å². The monoisotopic (exact) mass is 296 g/mol. The van der Waals surface area contributed by atoms with Gasteiger partial charge in [0.25, 0.3) is 5.91 Å². The van der Waals surface area contributed by atoms with Crippen molar-refractivity contribution in [2.45, 2.75) is 20.8 Å². The molecule has 2 aromatic rings. The van der Waals surface area contributed by atoms with E-state index in [-0.39, 0.29) is 12.5 Å². The smallest absolute Gasteiger partial charge is 0.277 e. The quantitative estimate of drug-likeness (QED) is 0.680. The Morgan fingerprint density at radius 2 is 1.86 bits per heavy atom. The van der Waals surface area contributed by atoms with Gasteiger partial charge in [-0.15, -0.1) is 0 Å². The van der Waals surface area contributed by atoms with Crippen LogP contribution in [0.1, 0.15) is 23.6 Å². The summed E-state index contributed by atoms with van der Waals surface area (Å²) >= 11 is 0. The topological polar surface area (TPSA) is 50.7 Å². The lowest BCUT2D eigenvalue weighted by Crippen LogP contribution is -2.25. The van der Waals surface area contributed by atoms with E-state index in [4.69, 9.17) is 4.74 Å². The zero-order valence-corrected chi connectivity index (χ0v) is 13.1. The molecule has 0 bridgehead atoms. The first-order valence-corrected chi connectivity index (χ1v) is 7.15. The van der Waals surface area contributed by atoms with Gasteiger partial charge in [-0.2, -0.15) is 5.10 Å². The molecule has 1 N–H and O–H groups in total. The molecule has 0 aliphatic rings. The average Bonchev–Trinajstić information content (AvgIpc) is 2.51. The largest absolute Gasteiger partial charge is 0.484 e. The summed E-state index contributed by atoms with van der Waals surface area (Å²) in [7, 11) is 0. The standard InChI is InChI=1S/C18H20N2O2/c1-13-9-10-17(14(2)11-13)15(3)19-20-18(21)12-22-16-7-5-4-6-8-16/h4-11H,12H2,1-3H3,(H,20,21). The highest BCUT2D eigenvalue weighted by Gasteiger charge is 2.05. The van der Waals surface area contributed by atoms with Crippen LogP contribution in [0.4, 0.5) is 0 Å². The van der Waals surface area contributed by atoms with Crippen molar-refractivity contribution in [1.29, 1.82) is 0 Å². The third-order valence-electron chi connectivity index (χ3n) is 3.23. The van der Waals surface area contributed by atoms with E-state index < -0.39 is 0 Å². The molecule has 0 fully saturated rings. The van der Waals surface area contributed by atoms with Crippen molar-refractivity contribution in [3.05, 3.63) is 65.2 Å². The van der Waals surface area contributed by atoms with Gasteiger partial charge in [-0.05, 0) is 38.5 Å². The number of benzene rings is 2. The molecule has 0 aliphatic carbocycles. The van der Waals surface area contributed by atoms with Gasteiger partial charge in [0.15, 0.2) is 6.61 Å². The molecule has 4 nitrogen and oxygen atoms in total. The summed E-state index contributed by atoms with van der Waals surface area (Å²) in [6.07, 6.45) is 0. The van der Waals surface area contributed by atoms with Crippen LogP contribution < -0.4 is 10.2 Å². The van der Waals surface area contributed by atoms with Gasteiger partial charge in [0.05, 0.1) is 5.71 Å². The SMILES string of the molecule is CC(=NNC(=O)COc1ccccc1)c1ccc(C)cc1C. The Hall–Kier alpha value is -2.62. The average molecular weight is 296 g/mol. The van der Waals surface area contributed by atoms with Gasteiger partial charge in [-0.3, -0.25) is 4.79 Å². The molecule has 0 radical (unpaired) electrons. The van der Waals surface area contributed by atoms with E-state index in [1.54, 1.807) is 12.1 Å². The van der Waals surface area contributed by atoms with E-state index in [0.29, 0.717) is 5.75 Å². The zero-order chi connectivity index (χ0) is 15.9. The Balaban J connectivity index is 1.91. The van der Waals surface area contributed by atoms with Crippen molar-refractivity contribution in [2.75, 3.05) is 6.61 Å². The van der Waals surface area contributed by atoms with Crippen LogP contribution >= 0.6 is 0 Å². The minimum absolute atomic E-state index is 0.0618. The number of ether oxygens (including phenoxy) is 1. The molecule has 2 rings (SSSR count). The van der Waals surface area contributed by atoms with Crippen LogP contribution in [-0.4, -0.2) is 18.2 Å². The van der Waals surface area contributed by atoms with Crippen molar-refractivity contribution in [3.8, 4) is 5.75 Å². The molecule has 0 saturated heterocycles. The predicted molar refractivity (Wildman–Crippen MR) is 88.2 cm³/mol. The van der Waals surface area contributed by atoms with Crippen LogP contribution in [0.15, 0.2) is 53.6 Å². The molecule has 22 heavy (non-hydrogen) atoms. The molecular weight excluding hydrogens is 276 g/mol. The van der Waals surface area contributed by atoms with E-state index in [0.717, 1.165) is 16.8 Å². The summed E-state index contributed by atoms with van der Waals surface area (Å²) in [5.41, 5.74) is 6.65. The van der Waals surface area contributed by atoms with Gasteiger partial charge in [0.2, 0.25) is 0 Å². The summed E-state index contributed by atoms with van der Waals surface area (Å²) in [6.45, 7) is 5.89. The molecule has 2 aromatic carbocycles. The molecule has 0 aromatic heterocycles. The van der Waals surface area contributed by atoms with Crippen LogP contribution in [0.5, 0.6) is 5.75 Å². The maximum Gasteiger partial charge on any atom is 0.277 e. The van der Waals surface area contributed by atoms with Gasteiger partial charge in [-0.1, -0.05) is 42.0 Å². The highest BCUT2D eigenvalue weighted by Crippen LogP contribution is 2.11. The predicted octanol–water partition coefficient (Wildman–Crippen LogP) is 3.22. The number of hydrogen-bond donors (Lipinski definition) is 1. The normalized spacial score (nSPS) is 11.1. The number of nitrogens with zero attached hydrogens (tertiary/aromatic N) is 1. The van der Waals surface area contributed by atoms with Gasteiger partial charge in [0.1, 0.15) is 5.75 Å². The van der Waals surface area contributed by atoms with E-state index in [2.05, 4.69) is 16.6 Å².